The predicted molar refractivity (Wildman–Crippen MR) is 109 cm³/mol. The van der Waals surface area contributed by atoms with Gasteiger partial charge in [0.05, 0.1) is 6.42 Å². The first kappa shape index (κ1) is 21.3. The third-order valence-electron chi connectivity index (χ3n) is 4.31. The lowest BCUT2D eigenvalue weighted by molar-refractivity contribution is -0.163. The molecule has 0 bridgehead atoms. The van der Waals surface area contributed by atoms with Crippen LogP contribution in [-0.2, 0) is 25.5 Å². The number of benzene rings is 1. The van der Waals surface area contributed by atoms with E-state index in [9.17, 15) is 14.4 Å². The molecule has 2 amide bonds. The van der Waals surface area contributed by atoms with Gasteiger partial charge in [0.25, 0.3) is 0 Å². The van der Waals surface area contributed by atoms with Gasteiger partial charge in [-0.15, -0.1) is 11.8 Å². The number of fused-ring (bicyclic) bond motifs is 1. The van der Waals surface area contributed by atoms with Gasteiger partial charge in [-0.3, -0.25) is 9.59 Å². The van der Waals surface area contributed by atoms with Gasteiger partial charge in [-0.2, -0.15) is 0 Å². The van der Waals surface area contributed by atoms with Gasteiger partial charge in [-0.1, -0.05) is 71.7 Å². The van der Waals surface area contributed by atoms with Crippen LogP contribution in [0, 0.1) is 0 Å². The molecule has 28 heavy (non-hydrogen) atoms. The highest BCUT2D eigenvalue weighted by Crippen LogP contribution is 2.40. The number of nitrogens with one attached hydrogen (secondary N) is 1. The maximum Gasteiger partial charge on any atom is 0.333 e. The first-order valence-corrected chi connectivity index (χ1v) is 10.5. The Hall–Kier alpha value is -1.41. The van der Waals surface area contributed by atoms with Gasteiger partial charge in [0.1, 0.15) is 18.0 Å². The maximum atomic E-state index is 12.6. The van der Waals surface area contributed by atoms with Crippen molar-refractivity contribution in [3.8, 4) is 0 Å². The number of hydrogen-bond acceptors (Lipinski definition) is 5. The molecule has 3 atom stereocenters. The topological polar surface area (TPSA) is 75.7 Å². The highest BCUT2D eigenvalue weighted by molar-refractivity contribution is 8.00. The average Bonchev–Trinajstić information content (AvgIpc) is 2.64. The Labute approximate surface area is 181 Å². The van der Waals surface area contributed by atoms with E-state index < -0.39 is 28.5 Å². The quantitative estimate of drug-likeness (QED) is 0.314. The molecule has 0 aromatic heterocycles. The van der Waals surface area contributed by atoms with Crippen LogP contribution < -0.4 is 5.32 Å². The van der Waals surface area contributed by atoms with Crippen molar-refractivity contribution in [3.05, 3.63) is 48.0 Å². The minimum atomic E-state index is -1.74. The Morgan fingerprint density at radius 3 is 2.61 bits per heavy atom. The lowest BCUT2D eigenvalue weighted by Crippen LogP contribution is -2.74. The molecule has 1 aromatic rings. The first-order valence-electron chi connectivity index (χ1n) is 8.35. The molecular formula is C18H17Cl3N2O4S. The largest absolute Gasteiger partial charge is 0.459 e. The van der Waals surface area contributed by atoms with E-state index in [1.54, 1.807) is 0 Å². The van der Waals surface area contributed by atoms with E-state index in [-0.39, 0.29) is 23.6 Å². The molecule has 0 aliphatic carbocycles. The third-order valence-corrected chi connectivity index (χ3v) is 6.02. The highest BCUT2D eigenvalue weighted by Gasteiger charge is 2.56. The zero-order valence-corrected chi connectivity index (χ0v) is 17.7. The Balaban J connectivity index is 1.62. The fourth-order valence-electron chi connectivity index (χ4n) is 3.06. The Kier molecular flexibility index (Phi) is 6.49. The molecule has 1 N–H and O–H groups in total. The van der Waals surface area contributed by atoms with E-state index in [4.69, 9.17) is 39.5 Å². The summed E-state index contributed by atoms with van der Waals surface area (Å²) in [5.74, 6) is -0.878. The third kappa shape index (κ3) is 4.76. The summed E-state index contributed by atoms with van der Waals surface area (Å²) < 4.78 is 3.28. The lowest BCUT2D eigenvalue weighted by Gasteiger charge is -2.52. The molecule has 2 unspecified atom stereocenters. The van der Waals surface area contributed by atoms with Crippen LogP contribution in [0.25, 0.3) is 0 Å². The van der Waals surface area contributed by atoms with Gasteiger partial charge in [-0.25, -0.2) is 4.79 Å². The molecule has 3 rings (SSSR count). The highest BCUT2D eigenvalue weighted by atomic mass is 35.6. The average molecular weight is 464 g/mol. The smallest absolute Gasteiger partial charge is 0.333 e. The number of rotatable bonds is 5. The molecule has 10 heteroatoms. The Morgan fingerprint density at radius 1 is 1.29 bits per heavy atom. The van der Waals surface area contributed by atoms with Crippen molar-refractivity contribution in [2.24, 2.45) is 0 Å². The molecule has 2 heterocycles. The number of hydrogen-bond donors (Lipinski definition) is 1. The van der Waals surface area contributed by atoms with Crippen LogP contribution in [0.5, 0.6) is 0 Å². The molecule has 6 nitrogen and oxygen atoms in total. The summed E-state index contributed by atoms with van der Waals surface area (Å²) >= 11 is 18.2. The monoisotopic (exact) mass is 462 g/mol. The first-order chi connectivity index (χ1) is 13.2. The number of carbonyl (C=O) groups is 3. The Bertz CT molecular complexity index is 800. The Morgan fingerprint density at radius 2 is 1.96 bits per heavy atom. The molecule has 2 aliphatic rings. The maximum absolute atomic E-state index is 12.6. The number of halogens is 3. The van der Waals surface area contributed by atoms with Crippen molar-refractivity contribution in [3.63, 3.8) is 0 Å². The van der Waals surface area contributed by atoms with Crippen molar-refractivity contribution in [1.29, 1.82) is 0 Å². The summed E-state index contributed by atoms with van der Waals surface area (Å²) in [7, 11) is 0. The number of β-lactam (4-membered cyclic amide) rings is 1. The number of ether oxygens (including phenoxy) is 1. The van der Waals surface area contributed by atoms with E-state index in [0.717, 1.165) is 5.56 Å². The standard InChI is InChI=1S/C18H17Cl3N2O4S/c1-10-8-28-16-13(22-12(24)7-11-5-3-2-4-6-11)15(25)23(16)14(10)17(26)27-9-18(19,20)21/h2-6,13-14,16H,1,7-9H2,(H,22,24)/t13?,14?,16-/m0/s1. The summed E-state index contributed by atoms with van der Waals surface area (Å²) in [5, 5.41) is 2.38. The van der Waals surface area contributed by atoms with Crippen molar-refractivity contribution in [2.75, 3.05) is 12.4 Å². The number of amides is 2. The number of esters is 1. The molecular weight excluding hydrogens is 447 g/mol. The summed E-state index contributed by atoms with van der Waals surface area (Å²) in [6, 6.07) is 7.58. The predicted octanol–water partition coefficient (Wildman–Crippen LogP) is 2.47. The summed E-state index contributed by atoms with van der Waals surface area (Å²) in [6.45, 7) is 3.42. The molecule has 2 aliphatic heterocycles. The van der Waals surface area contributed by atoms with Gasteiger partial charge in [-0.05, 0) is 11.1 Å². The molecule has 0 saturated carbocycles. The fraction of sp³-hybridized carbons (Fsp3) is 0.389. The number of thioether (sulfide) groups is 1. The number of nitrogens with zero attached hydrogens (tertiary/aromatic N) is 1. The number of alkyl halides is 3. The van der Waals surface area contributed by atoms with E-state index in [0.29, 0.717) is 11.3 Å². The van der Waals surface area contributed by atoms with Crippen molar-refractivity contribution in [1.82, 2.24) is 10.2 Å². The fourth-order valence-corrected chi connectivity index (χ4v) is 4.53. The van der Waals surface area contributed by atoms with E-state index in [1.807, 2.05) is 30.3 Å². The molecule has 2 saturated heterocycles. The zero-order valence-electron chi connectivity index (χ0n) is 14.6. The molecule has 150 valence electrons. The normalized spacial score (nSPS) is 24.2. The second-order valence-electron chi connectivity index (χ2n) is 6.44. The van der Waals surface area contributed by atoms with Gasteiger partial charge in [0, 0.05) is 5.75 Å². The van der Waals surface area contributed by atoms with Crippen LogP contribution in [-0.4, -0.2) is 56.3 Å². The van der Waals surface area contributed by atoms with Gasteiger partial charge >= 0.3 is 5.97 Å². The second-order valence-corrected chi connectivity index (χ2v) is 10.1. The van der Waals surface area contributed by atoms with E-state index in [2.05, 4.69) is 11.9 Å². The van der Waals surface area contributed by atoms with Crippen molar-refractivity contribution in [2.45, 2.75) is 27.7 Å². The molecule has 2 fully saturated rings. The van der Waals surface area contributed by atoms with Crippen molar-refractivity contribution < 1.29 is 19.1 Å². The zero-order chi connectivity index (χ0) is 20.5. The van der Waals surface area contributed by atoms with Crippen LogP contribution in [0.2, 0.25) is 0 Å². The summed E-state index contributed by atoms with van der Waals surface area (Å²) in [6.07, 6.45) is 0.170. The molecule has 0 spiro atoms. The second kappa shape index (κ2) is 8.53. The van der Waals surface area contributed by atoms with Crippen molar-refractivity contribution >= 4 is 64.3 Å². The SMILES string of the molecule is C=C1CS[C@H]2C(NC(=O)Cc3ccccc3)C(=O)N2C1C(=O)OCC(Cl)(Cl)Cl. The van der Waals surface area contributed by atoms with Crippen LogP contribution in [0.15, 0.2) is 42.5 Å². The van der Waals surface area contributed by atoms with Gasteiger partial charge in [0.15, 0.2) is 6.04 Å². The van der Waals surface area contributed by atoms with E-state index in [1.165, 1.54) is 16.7 Å². The number of carbonyl (C=O) groups excluding carboxylic acids is 3. The summed E-state index contributed by atoms with van der Waals surface area (Å²) in [5.41, 5.74) is 1.37. The van der Waals surface area contributed by atoms with Crippen LogP contribution in [0.1, 0.15) is 5.56 Å². The molecule has 1 aromatic carbocycles. The van der Waals surface area contributed by atoms with Gasteiger partial charge in [0.2, 0.25) is 15.6 Å². The minimum absolute atomic E-state index is 0.170. The van der Waals surface area contributed by atoms with Crippen LogP contribution >= 0.6 is 46.6 Å². The summed E-state index contributed by atoms with van der Waals surface area (Å²) in [4.78, 5) is 38.7. The van der Waals surface area contributed by atoms with Gasteiger partial charge < -0.3 is 15.0 Å². The molecule has 0 radical (unpaired) electrons. The van der Waals surface area contributed by atoms with E-state index >= 15 is 0 Å². The lowest BCUT2D eigenvalue weighted by atomic mass is 9.98. The van der Waals surface area contributed by atoms with Crippen LogP contribution in [0.3, 0.4) is 0 Å². The minimum Gasteiger partial charge on any atom is -0.459 e. The van der Waals surface area contributed by atoms with Crippen LogP contribution in [0.4, 0.5) is 0 Å².